The van der Waals surface area contributed by atoms with E-state index in [-0.39, 0.29) is 5.91 Å². The van der Waals surface area contributed by atoms with Gasteiger partial charge in [0.25, 0.3) is 5.91 Å². The van der Waals surface area contributed by atoms with Crippen molar-refractivity contribution >= 4 is 11.6 Å². The van der Waals surface area contributed by atoms with Crippen LogP contribution in [0.1, 0.15) is 35.2 Å². The van der Waals surface area contributed by atoms with E-state index in [1.165, 1.54) is 17.7 Å². The van der Waals surface area contributed by atoms with Crippen molar-refractivity contribution in [2.24, 2.45) is 0 Å². The van der Waals surface area contributed by atoms with Crippen LogP contribution in [0.2, 0.25) is 0 Å². The van der Waals surface area contributed by atoms with Gasteiger partial charge in [0.15, 0.2) is 0 Å². The fourth-order valence-electron chi connectivity index (χ4n) is 2.88. The molecule has 0 unspecified atom stereocenters. The molecule has 0 aromatic heterocycles. The van der Waals surface area contributed by atoms with Crippen LogP contribution in [-0.4, -0.2) is 38.1 Å². The molecule has 2 N–H and O–H groups in total. The molecule has 3 rings (SSSR count). The average molecular weight is 273 g/mol. The van der Waals surface area contributed by atoms with Crippen molar-refractivity contribution < 1.29 is 4.79 Å². The largest absolute Gasteiger partial charge is 0.369 e. The Morgan fingerprint density at radius 1 is 1.30 bits per heavy atom. The van der Waals surface area contributed by atoms with Gasteiger partial charge in [-0.25, -0.2) is 0 Å². The first kappa shape index (κ1) is 13.4. The van der Waals surface area contributed by atoms with Gasteiger partial charge in [-0.3, -0.25) is 4.79 Å². The van der Waals surface area contributed by atoms with Crippen LogP contribution in [0, 0.1) is 6.92 Å². The fourth-order valence-corrected chi connectivity index (χ4v) is 2.88. The third kappa shape index (κ3) is 2.80. The molecule has 0 atom stereocenters. The van der Waals surface area contributed by atoms with Gasteiger partial charge >= 0.3 is 0 Å². The predicted octanol–water partition coefficient (Wildman–Crippen LogP) is 1.69. The van der Waals surface area contributed by atoms with E-state index in [1.807, 2.05) is 12.1 Å². The summed E-state index contributed by atoms with van der Waals surface area (Å²) in [6, 6.07) is 6.47. The summed E-state index contributed by atoms with van der Waals surface area (Å²) >= 11 is 0. The molecule has 1 aromatic rings. The molecule has 1 saturated carbocycles. The highest BCUT2D eigenvalue weighted by Crippen LogP contribution is 2.23. The third-order valence-corrected chi connectivity index (χ3v) is 4.36. The highest BCUT2D eigenvalue weighted by Gasteiger charge is 2.20. The summed E-state index contributed by atoms with van der Waals surface area (Å²) in [7, 11) is 0. The third-order valence-electron chi connectivity index (χ3n) is 4.36. The van der Waals surface area contributed by atoms with E-state index < -0.39 is 0 Å². The SMILES string of the molecule is Cc1cc(C(=O)NC2CCC2)ccc1N1CCNCC1. The van der Waals surface area contributed by atoms with Gasteiger partial charge < -0.3 is 15.5 Å². The number of hydrogen-bond acceptors (Lipinski definition) is 3. The fraction of sp³-hybridized carbons (Fsp3) is 0.562. The molecule has 1 aliphatic carbocycles. The van der Waals surface area contributed by atoms with Crippen molar-refractivity contribution in [2.45, 2.75) is 32.2 Å². The number of nitrogens with zero attached hydrogens (tertiary/aromatic N) is 1. The number of anilines is 1. The molecule has 1 saturated heterocycles. The maximum atomic E-state index is 12.2. The second kappa shape index (κ2) is 5.83. The minimum Gasteiger partial charge on any atom is -0.369 e. The van der Waals surface area contributed by atoms with E-state index in [9.17, 15) is 4.79 Å². The first-order valence-corrected chi connectivity index (χ1v) is 7.61. The summed E-state index contributed by atoms with van der Waals surface area (Å²) < 4.78 is 0. The normalized spacial score (nSPS) is 19.6. The van der Waals surface area contributed by atoms with Crippen LogP contribution >= 0.6 is 0 Å². The van der Waals surface area contributed by atoms with Gasteiger partial charge in [-0.15, -0.1) is 0 Å². The van der Waals surface area contributed by atoms with Gasteiger partial charge in [0.1, 0.15) is 0 Å². The van der Waals surface area contributed by atoms with Crippen LogP contribution in [0.15, 0.2) is 18.2 Å². The molecule has 0 radical (unpaired) electrons. The van der Waals surface area contributed by atoms with Gasteiger partial charge in [-0.05, 0) is 49.9 Å². The summed E-state index contributed by atoms with van der Waals surface area (Å²) in [5.74, 6) is 0.0738. The van der Waals surface area contributed by atoms with Gasteiger partial charge in [-0.2, -0.15) is 0 Å². The summed E-state index contributed by atoms with van der Waals surface area (Å²) in [6.45, 7) is 6.23. The number of aryl methyl sites for hydroxylation is 1. The highest BCUT2D eigenvalue weighted by molar-refractivity contribution is 5.95. The van der Waals surface area contributed by atoms with Crippen LogP contribution < -0.4 is 15.5 Å². The average Bonchev–Trinajstić information content (AvgIpc) is 2.43. The summed E-state index contributed by atoms with van der Waals surface area (Å²) in [5.41, 5.74) is 3.23. The number of rotatable bonds is 3. The molecular weight excluding hydrogens is 250 g/mol. The molecule has 1 amide bonds. The van der Waals surface area contributed by atoms with E-state index in [2.05, 4.69) is 28.5 Å². The molecule has 108 valence electrons. The van der Waals surface area contributed by atoms with Crippen molar-refractivity contribution in [3.8, 4) is 0 Å². The molecule has 2 aliphatic rings. The van der Waals surface area contributed by atoms with Crippen LogP contribution in [-0.2, 0) is 0 Å². The quantitative estimate of drug-likeness (QED) is 0.881. The number of carbonyl (C=O) groups is 1. The van der Waals surface area contributed by atoms with Gasteiger partial charge in [-0.1, -0.05) is 0 Å². The zero-order valence-corrected chi connectivity index (χ0v) is 12.1. The minimum absolute atomic E-state index is 0.0738. The molecule has 4 heteroatoms. The number of piperazine rings is 1. The van der Waals surface area contributed by atoms with E-state index in [0.717, 1.165) is 44.6 Å². The van der Waals surface area contributed by atoms with Crippen LogP contribution in [0.5, 0.6) is 0 Å². The molecular formula is C16H23N3O. The number of nitrogens with one attached hydrogen (secondary N) is 2. The Morgan fingerprint density at radius 3 is 2.65 bits per heavy atom. The Hall–Kier alpha value is -1.55. The highest BCUT2D eigenvalue weighted by atomic mass is 16.1. The molecule has 2 fully saturated rings. The Labute approximate surface area is 120 Å². The maximum Gasteiger partial charge on any atom is 0.251 e. The lowest BCUT2D eigenvalue weighted by Gasteiger charge is -2.31. The standard InChI is InChI=1S/C16H23N3O/c1-12-11-13(16(20)18-14-3-2-4-14)5-6-15(12)19-9-7-17-8-10-19/h5-6,11,14,17H,2-4,7-10H2,1H3,(H,18,20). The number of amides is 1. The van der Waals surface area contributed by atoms with Gasteiger partial charge in [0.2, 0.25) is 0 Å². The zero-order valence-electron chi connectivity index (χ0n) is 12.1. The van der Waals surface area contributed by atoms with Crippen molar-refractivity contribution in [1.82, 2.24) is 10.6 Å². The smallest absolute Gasteiger partial charge is 0.251 e. The topological polar surface area (TPSA) is 44.4 Å². The Balaban J connectivity index is 1.70. The molecule has 4 nitrogen and oxygen atoms in total. The molecule has 1 aliphatic heterocycles. The summed E-state index contributed by atoms with van der Waals surface area (Å²) in [6.07, 6.45) is 3.50. The second-order valence-electron chi connectivity index (χ2n) is 5.84. The Kier molecular flexibility index (Phi) is 3.92. The molecule has 1 heterocycles. The van der Waals surface area contributed by atoms with E-state index in [4.69, 9.17) is 0 Å². The summed E-state index contributed by atoms with van der Waals surface area (Å²) in [5, 5.41) is 6.46. The van der Waals surface area contributed by atoms with Crippen molar-refractivity contribution in [3.05, 3.63) is 29.3 Å². The van der Waals surface area contributed by atoms with Crippen molar-refractivity contribution in [3.63, 3.8) is 0 Å². The van der Waals surface area contributed by atoms with Crippen molar-refractivity contribution in [2.75, 3.05) is 31.1 Å². The first-order chi connectivity index (χ1) is 9.74. The Bertz CT molecular complexity index is 490. The lowest BCUT2D eigenvalue weighted by molar-refractivity contribution is 0.0917. The molecule has 20 heavy (non-hydrogen) atoms. The first-order valence-electron chi connectivity index (χ1n) is 7.61. The predicted molar refractivity (Wildman–Crippen MR) is 81.4 cm³/mol. The summed E-state index contributed by atoms with van der Waals surface area (Å²) in [4.78, 5) is 14.5. The van der Waals surface area contributed by atoms with Crippen LogP contribution in [0.3, 0.4) is 0 Å². The number of hydrogen-bond donors (Lipinski definition) is 2. The van der Waals surface area contributed by atoms with Crippen LogP contribution in [0.25, 0.3) is 0 Å². The van der Waals surface area contributed by atoms with E-state index in [0.29, 0.717) is 6.04 Å². The maximum absolute atomic E-state index is 12.2. The lowest BCUT2D eigenvalue weighted by atomic mass is 9.93. The van der Waals surface area contributed by atoms with E-state index >= 15 is 0 Å². The van der Waals surface area contributed by atoms with E-state index in [1.54, 1.807) is 0 Å². The van der Waals surface area contributed by atoms with Crippen LogP contribution in [0.4, 0.5) is 5.69 Å². The van der Waals surface area contributed by atoms with Crippen molar-refractivity contribution in [1.29, 1.82) is 0 Å². The molecule has 0 bridgehead atoms. The second-order valence-corrected chi connectivity index (χ2v) is 5.84. The van der Waals surface area contributed by atoms with Gasteiger partial charge in [0.05, 0.1) is 0 Å². The van der Waals surface area contributed by atoms with Gasteiger partial charge in [0, 0.05) is 43.5 Å². The number of carbonyl (C=O) groups excluding carboxylic acids is 1. The monoisotopic (exact) mass is 273 g/mol. The minimum atomic E-state index is 0.0738. The molecule has 0 spiro atoms. The lowest BCUT2D eigenvalue weighted by Crippen LogP contribution is -2.43. The Morgan fingerprint density at radius 2 is 2.05 bits per heavy atom. The molecule has 1 aromatic carbocycles. The zero-order chi connectivity index (χ0) is 13.9. The number of benzene rings is 1.